The smallest absolute Gasteiger partial charge is 0.309 e. The number of urea groups is 1. The van der Waals surface area contributed by atoms with E-state index >= 15 is 0 Å². The number of benzene rings is 2. The number of carbonyl (C=O) groups excluding carboxylic acids is 1. The molecule has 2 aromatic carbocycles. The van der Waals surface area contributed by atoms with E-state index in [4.69, 9.17) is 22.7 Å². The van der Waals surface area contributed by atoms with Crippen LogP contribution in [0, 0.1) is 0 Å². The van der Waals surface area contributed by atoms with Gasteiger partial charge in [-0.3, -0.25) is 4.90 Å². The number of anilines is 2. The molecule has 0 aliphatic rings. The van der Waals surface area contributed by atoms with Crippen LogP contribution in [0.3, 0.4) is 0 Å². The average molecular weight is 288 g/mol. The molecule has 0 aliphatic heterocycles. The van der Waals surface area contributed by atoms with Gasteiger partial charge in [0.25, 0.3) is 0 Å². The Morgan fingerprint density at radius 2 is 1.10 bits per heavy atom. The summed E-state index contributed by atoms with van der Waals surface area (Å²) in [5.41, 5.74) is 16.2. The van der Waals surface area contributed by atoms with Crippen molar-refractivity contribution in [3.05, 3.63) is 60.7 Å². The van der Waals surface area contributed by atoms with Gasteiger partial charge in [-0.15, -0.1) is 0 Å². The zero-order valence-corrected chi connectivity index (χ0v) is 11.6. The van der Waals surface area contributed by atoms with Crippen molar-refractivity contribution < 1.29 is 4.79 Å². The number of amides is 2. The highest BCUT2D eigenvalue weighted by Gasteiger charge is 2.10. The molecule has 0 bridgehead atoms. The van der Waals surface area contributed by atoms with Gasteiger partial charge in [0.2, 0.25) is 0 Å². The highest BCUT2D eigenvalue weighted by Crippen LogP contribution is 2.24. The number of rotatable bonds is 2. The molecule has 2 aromatic rings. The lowest BCUT2D eigenvalue weighted by Crippen LogP contribution is -2.30. The molecule has 104 valence electrons. The Bertz CT molecular complexity index is 516. The normalized spacial score (nSPS) is 9.00. The van der Waals surface area contributed by atoms with Crippen molar-refractivity contribution in [3.8, 4) is 0 Å². The van der Waals surface area contributed by atoms with Crippen LogP contribution >= 0.6 is 12.2 Å². The number of hydrogen-bond acceptors (Lipinski definition) is 2. The second-order valence-electron chi connectivity index (χ2n) is 3.75. The number of nitrogens with two attached hydrogens (primary N) is 3. The molecule has 2 rings (SSSR count). The van der Waals surface area contributed by atoms with Crippen LogP contribution in [0.15, 0.2) is 60.7 Å². The van der Waals surface area contributed by atoms with Crippen molar-refractivity contribution in [1.82, 2.24) is 0 Å². The number of hydrogen-bond donors (Lipinski definition) is 3. The molecule has 0 aliphatic carbocycles. The van der Waals surface area contributed by atoms with Gasteiger partial charge in [0, 0.05) is 11.4 Å². The average Bonchev–Trinajstić information content (AvgIpc) is 2.40. The predicted octanol–water partition coefficient (Wildman–Crippen LogP) is 2.09. The van der Waals surface area contributed by atoms with E-state index in [0.29, 0.717) is 5.11 Å². The van der Waals surface area contributed by atoms with Crippen molar-refractivity contribution in [1.29, 1.82) is 0 Å². The minimum Gasteiger partial charge on any atom is -0.376 e. The topological polar surface area (TPSA) is 98.4 Å². The van der Waals surface area contributed by atoms with Crippen LogP contribution in [0.1, 0.15) is 0 Å². The highest BCUT2D eigenvalue weighted by atomic mass is 32.1. The molecule has 0 fully saturated rings. The van der Waals surface area contributed by atoms with E-state index in [9.17, 15) is 0 Å². The van der Waals surface area contributed by atoms with Crippen molar-refractivity contribution >= 4 is 34.7 Å². The Kier molecular flexibility index (Phi) is 5.99. The monoisotopic (exact) mass is 288 g/mol. The number of carbonyl (C=O) groups is 1. The lowest BCUT2D eigenvalue weighted by molar-refractivity contribution is 0.256. The Hall–Kier alpha value is -2.60. The molecule has 0 spiro atoms. The summed E-state index contributed by atoms with van der Waals surface area (Å²) in [6.07, 6.45) is 0. The van der Waals surface area contributed by atoms with Crippen molar-refractivity contribution in [3.63, 3.8) is 0 Å². The van der Waals surface area contributed by atoms with E-state index in [2.05, 4.69) is 11.5 Å². The molecule has 20 heavy (non-hydrogen) atoms. The minimum atomic E-state index is -0.833. The van der Waals surface area contributed by atoms with E-state index < -0.39 is 6.03 Å². The third-order valence-corrected chi connectivity index (χ3v) is 2.43. The largest absolute Gasteiger partial charge is 0.376 e. The fourth-order valence-electron chi connectivity index (χ4n) is 1.56. The molecule has 2 amide bonds. The first kappa shape index (κ1) is 15.5. The third kappa shape index (κ3) is 4.95. The predicted molar refractivity (Wildman–Crippen MR) is 85.6 cm³/mol. The highest BCUT2D eigenvalue weighted by molar-refractivity contribution is 7.80. The summed E-state index contributed by atoms with van der Waals surface area (Å²) in [5, 5.41) is 0.345. The van der Waals surface area contributed by atoms with E-state index in [1.165, 1.54) is 0 Å². The van der Waals surface area contributed by atoms with Gasteiger partial charge < -0.3 is 17.2 Å². The van der Waals surface area contributed by atoms with E-state index in [1.807, 2.05) is 65.6 Å². The van der Waals surface area contributed by atoms with Gasteiger partial charge in [0.1, 0.15) is 0 Å². The first-order valence-electron chi connectivity index (χ1n) is 5.77. The summed E-state index contributed by atoms with van der Waals surface area (Å²) >= 11 is 5.08. The van der Waals surface area contributed by atoms with Crippen LogP contribution in [0.4, 0.5) is 16.2 Å². The molecule has 0 heterocycles. The molecule has 0 atom stereocenters. The summed E-state index contributed by atoms with van der Waals surface area (Å²) in [5.74, 6) is 0. The zero-order chi connectivity index (χ0) is 15.0. The van der Waals surface area contributed by atoms with Gasteiger partial charge in [-0.1, -0.05) is 36.4 Å². The van der Waals surface area contributed by atoms with Crippen molar-refractivity contribution in [2.24, 2.45) is 17.2 Å². The summed E-state index contributed by atoms with van der Waals surface area (Å²) < 4.78 is 0. The maximum absolute atomic E-state index is 9.00. The zero-order valence-electron chi connectivity index (χ0n) is 10.8. The Balaban J connectivity index is 0.000000444. The fourth-order valence-corrected chi connectivity index (χ4v) is 1.77. The molecule has 0 unspecified atom stereocenters. The lowest BCUT2D eigenvalue weighted by Gasteiger charge is -2.22. The Morgan fingerprint density at radius 1 is 0.800 bits per heavy atom. The number of para-hydroxylation sites is 2. The van der Waals surface area contributed by atoms with Crippen molar-refractivity contribution in [2.75, 3.05) is 4.90 Å². The lowest BCUT2D eigenvalue weighted by atomic mass is 10.2. The van der Waals surface area contributed by atoms with Crippen LogP contribution in [-0.2, 0) is 0 Å². The van der Waals surface area contributed by atoms with Crippen LogP contribution < -0.4 is 22.1 Å². The van der Waals surface area contributed by atoms with Crippen LogP contribution in [0.5, 0.6) is 0 Å². The summed E-state index contributed by atoms with van der Waals surface area (Å²) in [4.78, 5) is 10.8. The summed E-state index contributed by atoms with van der Waals surface area (Å²) in [6, 6.07) is 18.9. The molecule has 0 radical (unpaired) electrons. The van der Waals surface area contributed by atoms with Gasteiger partial charge in [-0.25, -0.2) is 4.79 Å². The molecule has 0 saturated carbocycles. The van der Waals surface area contributed by atoms with Gasteiger partial charge in [-0.05, 0) is 36.5 Å². The maximum atomic E-state index is 9.00. The number of thiocarbonyl (C=S) groups is 1. The third-order valence-electron chi connectivity index (χ3n) is 2.25. The summed E-state index contributed by atoms with van der Waals surface area (Å²) in [6.45, 7) is 0. The van der Waals surface area contributed by atoms with Gasteiger partial charge in [-0.2, -0.15) is 0 Å². The second kappa shape index (κ2) is 7.75. The Morgan fingerprint density at radius 3 is 1.35 bits per heavy atom. The quantitative estimate of drug-likeness (QED) is 0.737. The molecule has 6 N–H and O–H groups in total. The molecule has 5 nitrogen and oxygen atoms in total. The minimum absolute atomic E-state index is 0.345. The summed E-state index contributed by atoms with van der Waals surface area (Å²) in [7, 11) is 0. The molecular weight excluding hydrogens is 272 g/mol. The molecular formula is C14H16N4OS. The fraction of sp³-hybridized carbons (Fsp3) is 0. The van der Waals surface area contributed by atoms with Crippen LogP contribution in [-0.4, -0.2) is 11.1 Å². The van der Waals surface area contributed by atoms with E-state index in [0.717, 1.165) is 11.4 Å². The molecule has 6 heteroatoms. The standard InChI is InChI=1S/C13H12N2S.CH4N2O/c14-13(16)15(11-7-3-1-4-8-11)12-9-5-2-6-10-12;2-1(3)4/h1-10H,(H2,14,16);(H4,2,3,4). The van der Waals surface area contributed by atoms with Crippen LogP contribution in [0.2, 0.25) is 0 Å². The molecule has 0 aromatic heterocycles. The first-order chi connectivity index (χ1) is 9.52. The van der Waals surface area contributed by atoms with Crippen LogP contribution in [0.25, 0.3) is 0 Å². The van der Waals surface area contributed by atoms with E-state index in [-0.39, 0.29) is 0 Å². The van der Waals surface area contributed by atoms with Gasteiger partial charge in [0.05, 0.1) is 0 Å². The maximum Gasteiger partial charge on any atom is 0.309 e. The number of nitrogens with zero attached hydrogens (tertiary/aromatic N) is 1. The first-order valence-corrected chi connectivity index (χ1v) is 6.17. The molecule has 0 saturated heterocycles. The van der Waals surface area contributed by atoms with Gasteiger partial charge >= 0.3 is 6.03 Å². The number of primary amides is 2. The Labute approximate surface area is 123 Å². The second-order valence-corrected chi connectivity index (χ2v) is 4.17. The van der Waals surface area contributed by atoms with Gasteiger partial charge in [0.15, 0.2) is 5.11 Å². The van der Waals surface area contributed by atoms with E-state index in [1.54, 1.807) is 0 Å². The SMILES string of the molecule is NC(=S)N(c1ccccc1)c1ccccc1.NC(N)=O. The van der Waals surface area contributed by atoms with Crippen molar-refractivity contribution in [2.45, 2.75) is 0 Å².